The fourth-order valence-electron chi connectivity index (χ4n) is 1.84. The lowest BCUT2D eigenvalue weighted by Gasteiger charge is -2.41. The largest absolute Gasteiger partial charge is 0.481 e. The van der Waals surface area contributed by atoms with Gasteiger partial charge >= 0.3 is 0 Å². The van der Waals surface area contributed by atoms with Gasteiger partial charge in [0.05, 0.1) is 12.7 Å². The van der Waals surface area contributed by atoms with Crippen LogP contribution in [0.2, 0.25) is 0 Å². The van der Waals surface area contributed by atoms with E-state index in [1.165, 1.54) is 6.33 Å². The number of aliphatic hydroxyl groups is 1. The number of aromatic nitrogens is 2. The Hall–Kier alpha value is -1.36. The van der Waals surface area contributed by atoms with E-state index in [0.29, 0.717) is 11.9 Å². The molecule has 15 heavy (non-hydrogen) atoms. The van der Waals surface area contributed by atoms with E-state index in [4.69, 9.17) is 4.74 Å². The molecule has 0 atom stereocenters. The molecule has 1 fully saturated rings. The topological polar surface area (TPSA) is 67.3 Å². The van der Waals surface area contributed by atoms with Crippen LogP contribution in [0.3, 0.4) is 0 Å². The maximum atomic E-state index is 9.56. The second-order valence-corrected chi connectivity index (χ2v) is 4.19. The molecule has 0 spiro atoms. The molecule has 2 N–H and O–H groups in total. The van der Waals surface area contributed by atoms with E-state index >= 15 is 0 Å². The first-order chi connectivity index (χ1) is 7.09. The van der Waals surface area contributed by atoms with Crippen molar-refractivity contribution in [3.05, 3.63) is 12.4 Å². The molecule has 0 radical (unpaired) electrons. The molecule has 0 bridgehead atoms. The van der Waals surface area contributed by atoms with Crippen LogP contribution >= 0.6 is 0 Å². The SMILES string of the molecule is COc1cc(NC2CC(C)(O)C2)ncn1. The predicted molar refractivity (Wildman–Crippen MR) is 55.9 cm³/mol. The zero-order chi connectivity index (χ0) is 10.9. The molecule has 1 heterocycles. The van der Waals surface area contributed by atoms with Crippen LogP contribution in [0.5, 0.6) is 5.88 Å². The van der Waals surface area contributed by atoms with Gasteiger partial charge in [-0.25, -0.2) is 9.97 Å². The van der Waals surface area contributed by atoms with Crippen molar-refractivity contribution < 1.29 is 9.84 Å². The highest BCUT2D eigenvalue weighted by Gasteiger charge is 2.38. The summed E-state index contributed by atoms with van der Waals surface area (Å²) in [4.78, 5) is 7.99. The van der Waals surface area contributed by atoms with Gasteiger partial charge in [-0.1, -0.05) is 0 Å². The molecule has 5 heteroatoms. The van der Waals surface area contributed by atoms with Crippen LogP contribution in [0.15, 0.2) is 12.4 Å². The Labute approximate surface area is 88.5 Å². The fourth-order valence-corrected chi connectivity index (χ4v) is 1.84. The van der Waals surface area contributed by atoms with Crippen LogP contribution in [-0.4, -0.2) is 33.8 Å². The van der Waals surface area contributed by atoms with E-state index < -0.39 is 5.60 Å². The standard InChI is InChI=1S/C10H15N3O2/c1-10(14)4-7(5-10)13-8-3-9(15-2)12-6-11-8/h3,6-7,14H,4-5H2,1-2H3,(H,11,12,13). The van der Waals surface area contributed by atoms with Gasteiger partial charge in [0.1, 0.15) is 12.1 Å². The van der Waals surface area contributed by atoms with Gasteiger partial charge in [-0.3, -0.25) is 0 Å². The summed E-state index contributed by atoms with van der Waals surface area (Å²) >= 11 is 0. The molecule has 1 aromatic rings. The number of methoxy groups -OCH3 is 1. The van der Waals surface area contributed by atoms with Gasteiger partial charge < -0.3 is 15.2 Å². The molecule has 0 aliphatic heterocycles. The summed E-state index contributed by atoms with van der Waals surface area (Å²) < 4.78 is 4.99. The molecule has 1 aliphatic rings. The fraction of sp³-hybridized carbons (Fsp3) is 0.600. The molecule has 1 saturated carbocycles. The average molecular weight is 209 g/mol. The summed E-state index contributed by atoms with van der Waals surface area (Å²) in [6.07, 6.45) is 2.95. The van der Waals surface area contributed by atoms with Crippen molar-refractivity contribution in [3.63, 3.8) is 0 Å². The highest BCUT2D eigenvalue weighted by atomic mass is 16.5. The summed E-state index contributed by atoms with van der Waals surface area (Å²) in [5, 5.41) is 12.8. The van der Waals surface area contributed by atoms with E-state index in [2.05, 4.69) is 15.3 Å². The minimum absolute atomic E-state index is 0.291. The second kappa shape index (κ2) is 3.66. The maximum Gasteiger partial charge on any atom is 0.218 e. The first kappa shape index (κ1) is 10.2. The van der Waals surface area contributed by atoms with Crippen LogP contribution < -0.4 is 10.1 Å². The van der Waals surface area contributed by atoms with Crippen LogP contribution in [0.1, 0.15) is 19.8 Å². The third-order valence-corrected chi connectivity index (χ3v) is 2.58. The number of rotatable bonds is 3. The van der Waals surface area contributed by atoms with Gasteiger partial charge in [0.25, 0.3) is 0 Å². The number of nitrogens with one attached hydrogen (secondary N) is 1. The number of hydrogen-bond acceptors (Lipinski definition) is 5. The zero-order valence-electron chi connectivity index (χ0n) is 8.90. The molecule has 1 aliphatic carbocycles. The molecule has 1 aromatic heterocycles. The first-order valence-corrected chi connectivity index (χ1v) is 4.94. The number of ether oxygens (including phenoxy) is 1. The normalized spacial score (nSPS) is 29.4. The van der Waals surface area contributed by atoms with Crippen molar-refractivity contribution >= 4 is 5.82 Å². The van der Waals surface area contributed by atoms with Crippen molar-refractivity contribution in [2.24, 2.45) is 0 Å². The Morgan fingerprint density at radius 3 is 2.87 bits per heavy atom. The van der Waals surface area contributed by atoms with Crippen LogP contribution in [0.25, 0.3) is 0 Å². The molecule has 82 valence electrons. The molecular weight excluding hydrogens is 194 g/mol. The molecule has 0 saturated heterocycles. The summed E-state index contributed by atoms with van der Waals surface area (Å²) in [5.74, 6) is 1.28. The number of hydrogen-bond donors (Lipinski definition) is 2. The lowest BCUT2D eigenvalue weighted by Crippen LogP contribution is -2.48. The predicted octanol–water partition coefficient (Wildman–Crippen LogP) is 0.810. The van der Waals surface area contributed by atoms with Crippen molar-refractivity contribution in [1.82, 2.24) is 9.97 Å². The molecule has 0 aromatic carbocycles. The highest BCUT2D eigenvalue weighted by Crippen LogP contribution is 2.33. The molecule has 2 rings (SSSR count). The monoisotopic (exact) mass is 209 g/mol. The van der Waals surface area contributed by atoms with Crippen molar-refractivity contribution in [1.29, 1.82) is 0 Å². The summed E-state index contributed by atoms with van der Waals surface area (Å²) in [6, 6.07) is 2.03. The second-order valence-electron chi connectivity index (χ2n) is 4.19. The average Bonchev–Trinajstić information content (AvgIpc) is 2.15. The Morgan fingerprint density at radius 2 is 2.27 bits per heavy atom. The van der Waals surface area contributed by atoms with Crippen molar-refractivity contribution in [3.8, 4) is 5.88 Å². The van der Waals surface area contributed by atoms with Crippen molar-refractivity contribution in [2.45, 2.75) is 31.4 Å². The number of anilines is 1. The lowest BCUT2D eigenvalue weighted by molar-refractivity contribution is -0.0235. The van der Waals surface area contributed by atoms with Gasteiger partial charge in [0.2, 0.25) is 5.88 Å². The van der Waals surface area contributed by atoms with E-state index in [1.807, 2.05) is 6.92 Å². The minimum Gasteiger partial charge on any atom is -0.481 e. The van der Waals surface area contributed by atoms with Gasteiger partial charge in [-0.05, 0) is 19.8 Å². The Balaban J connectivity index is 1.94. The van der Waals surface area contributed by atoms with Gasteiger partial charge in [-0.2, -0.15) is 0 Å². The van der Waals surface area contributed by atoms with E-state index in [1.54, 1.807) is 13.2 Å². The lowest BCUT2D eigenvalue weighted by atomic mass is 9.77. The quantitative estimate of drug-likeness (QED) is 0.771. The van der Waals surface area contributed by atoms with E-state index in [-0.39, 0.29) is 0 Å². The van der Waals surface area contributed by atoms with Crippen molar-refractivity contribution in [2.75, 3.05) is 12.4 Å². The molecule has 5 nitrogen and oxygen atoms in total. The van der Waals surface area contributed by atoms with Crippen LogP contribution in [-0.2, 0) is 0 Å². The maximum absolute atomic E-state index is 9.56. The number of nitrogens with zero attached hydrogens (tertiary/aromatic N) is 2. The Kier molecular flexibility index (Phi) is 2.48. The third-order valence-electron chi connectivity index (χ3n) is 2.58. The molecule has 0 unspecified atom stereocenters. The summed E-state index contributed by atoms with van der Waals surface area (Å²) in [5.41, 5.74) is -0.519. The van der Waals surface area contributed by atoms with Gasteiger partial charge in [-0.15, -0.1) is 0 Å². The highest BCUT2D eigenvalue weighted by molar-refractivity contribution is 5.39. The van der Waals surface area contributed by atoms with Crippen LogP contribution in [0, 0.1) is 0 Å². The minimum atomic E-state index is -0.519. The van der Waals surface area contributed by atoms with E-state index in [9.17, 15) is 5.11 Å². The first-order valence-electron chi connectivity index (χ1n) is 4.94. The summed E-state index contributed by atoms with van der Waals surface area (Å²) in [7, 11) is 1.57. The van der Waals surface area contributed by atoms with E-state index in [0.717, 1.165) is 18.7 Å². The van der Waals surface area contributed by atoms with Gasteiger partial charge in [0, 0.05) is 12.1 Å². The summed E-state index contributed by atoms with van der Waals surface area (Å²) in [6.45, 7) is 1.84. The van der Waals surface area contributed by atoms with Gasteiger partial charge in [0.15, 0.2) is 0 Å². The Morgan fingerprint density at radius 1 is 1.53 bits per heavy atom. The zero-order valence-corrected chi connectivity index (χ0v) is 8.90. The molecular formula is C10H15N3O2. The Bertz CT molecular complexity index is 346. The molecule has 0 amide bonds. The van der Waals surface area contributed by atoms with Crippen LogP contribution in [0.4, 0.5) is 5.82 Å². The third kappa shape index (κ3) is 2.36. The smallest absolute Gasteiger partial charge is 0.218 e.